The standard InChI is InChI=1S/C50H30.2CH4.2I2.HI/c1-3-17-33-31(15-1)32-16-2-4-18-34(32)40-30-48-47(29-39(33)40)49(41-23-9-5-19-35(41)36-20-6-10-24-42(36)49)45-27-13-14-28-46(45)50(48)43-25-11-7-21-37(43)38-22-8-12-26-44(38)50;;;2*1-2;/h1-30H;2*1H4;;;1H. The highest BCUT2D eigenvalue weighted by atomic mass is 128. The van der Waals surface area contributed by atoms with E-state index in [2.05, 4.69) is 256 Å². The lowest BCUT2D eigenvalue weighted by atomic mass is 9.52. The second-order valence-corrected chi connectivity index (χ2v) is 14.3. The van der Waals surface area contributed by atoms with E-state index in [1.54, 1.807) is 0 Å². The first kappa shape index (κ1) is 42.5. The maximum atomic E-state index is 2.61. The molecule has 0 heterocycles. The van der Waals surface area contributed by atoms with Crippen LogP contribution in [-0.4, -0.2) is 0 Å². The second-order valence-electron chi connectivity index (χ2n) is 14.3. The summed E-state index contributed by atoms with van der Waals surface area (Å²) in [6.45, 7) is 0. The number of hydrogen-bond acceptors (Lipinski definition) is 0. The molecule has 0 aromatic heterocycles. The van der Waals surface area contributed by atoms with Crippen molar-refractivity contribution < 1.29 is 0 Å². The van der Waals surface area contributed by atoms with Gasteiger partial charge in [0.15, 0.2) is 0 Å². The molecule has 3 aliphatic rings. The molecule has 0 bridgehead atoms. The van der Waals surface area contributed by atoms with Crippen molar-refractivity contribution in [1.29, 1.82) is 0 Å². The molecule has 57 heavy (non-hydrogen) atoms. The molecule has 2 spiro atoms. The molecule has 12 rings (SSSR count). The summed E-state index contributed by atoms with van der Waals surface area (Å²) in [6.07, 6.45) is 0. The Morgan fingerprint density at radius 2 is 0.456 bits per heavy atom. The Bertz CT molecular complexity index is 2670. The molecular weight excluding hydrogens is 1260 g/mol. The zero-order chi connectivity index (χ0) is 36.6. The van der Waals surface area contributed by atoms with Gasteiger partial charge >= 0.3 is 0 Å². The fourth-order valence-corrected chi connectivity index (χ4v) is 10.6. The molecule has 9 aromatic rings. The molecule has 0 nitrogen and oxygen atoms in total. The molecule has 3 aliphatic carbocycles. The van der Waals surface area contributed by atoms with Crippen molar-refractivity contribution in [2.45, 2.75) is 25.7 Å². The highest BCUT2D eigenvalue weighted by Gasteiger charge is 2.59. The molecule has 0 N–H and O–H groups in total. The Labute approximate surface area is 399 Å². The van der Waals surface area contributed by atoms with Gasteiger partial charge in [-0.3, -0.25) is 0 Å². The Morgan fingerprint density at radius 3 is 0.737 bits per heavy atom. The Morgan fingerprint density at radius 1 is 0.246 bits per heavy atom. The SMILES string of the molecule is C.C.I.II.II.c1ccc2c(c1)-c1ccccc1C21c2ccccc2C2(c3ccccc3-c3ccccc32)c2cc3c4ccccc4c4ccccc4c3cc21. The van der Waals surface area contributed by atoms with E-state index in [0.717, 1.165) is 0 Å². The first-order chi connectivity index (χ1) is 26.8. The van der Waals surface area contributed by atoms with Crippen LogP contribution in [0.5, 0.6) is 0 Å². The van der Waals surface area contributed by atoms with Crippen LogP contribution in [0.25, 0.3) is 54.6 Å². The smallest absolute Gasteiger partial charge is 0.0720 e. The predicted octanol–water partition coefficient (Wildman–Crippen LogP) is 17.6. The maximum Gasteiger partial charge on any atom is 0.0720 e. The quantitative estimate of drug-likeness (QED) is 0.105. The largest absolute Gasteiger partial charge is 0.107 e. The molecule has 9 aromatic carbocycles. The predicted molar refractivity (Wildman–Crippen MR) is 292 cm³/mol. The van der Waals surface area contributed by atoms with E-state index in [1.807, 2.05) is 0 Å². The zero-order valence-electron chi connectivity index (χ0n) is 29.2. The van der Waals surface area contributed by atoms with Gasteiger partial charge in [-0.15, -0.1) is 24.0 Å². The van der Waals surface area contributed by atoms with Crippen molar-refractivity contribution in [2.24, 2.45) is 0 Å². The van der Waals surface area contributed by atoms with E-state index < -0.39 is 10.8 Å². The molecule has 0 unspecified atom stereocenters. The summed E-state index contributed by atoms with van der Waals surface area (Å²) in [5.41, 5.74) is 15.3. The number of fused-ring (bicyclic) bond motifs is 22. The first-order valence-corrected chi connectivity index (χ1v) is 30.6. The number of hydrogen-bond donors (Lipinski definition) is 0. The Hall–Kier alpha value is -2.59. The number of rotatable bonds is 0. The fourth-order valence-electron chi connectivity index (χ4n) is 10.6. The lowest BCUT2D eigenvalue weighted by Crippen LogP contribution is -2.43. The van der Waals surface area contributed by atoms with Gasteiger partial charge in [-0.05, 0) is 111 Å². The zero-order valence-corrected chi connectivity index (χ0v) is 40.2. The molecule has 0 amide bonds. The minimum Gasteiger partial charge on any atom is -0.107 e. The monoisotopic (exact) mass is 1300 g/mol. The van der Waals surface area contributed by atoms with Crippen molar-refractivity contribution in [1.82, 2.24) is 0 Å². The lowest BCUT2D eigenvalue weighted by Gasteiger charge is -2.49. The maximum absolute atomic E-state index is 2.61. The van der Waals surface area contributed by atoms with Gasteiger partial charge in [-0.25, -0.2) is 0 Å². The van der Waals surface area contributed by atoms with Crippen LogP contribution < -0.4 is 0 Å². The molecule has 0 saturated heterocycles. The van der Waals surface area contributed by atoms with Crippen molar-refractivity contribution in [2.75, 3.05) is 0 Å². The third-order valence-electron chi connectivity index (χ3n) is 12.3. The van der Waals surface area contributed by atoms with Crippen LogP contribution in [0.15, 0.2) is 182 Å². The van der Waals surface area contributed by atoms with Crippen molar-refractivity contribution in [3.8, 4) is 22.3 Å². The molecule has 0 radical (unpaired) electrons. The molecule has 0 fully saturated rings. The van der Waals surface area contributed by atoms with Gasteiger partial charge in [-0.2, -0.15) is 0 Å². The van der Waals surface area contributed by atoms with Crippen LogP contribution in [0.4, 0.5) is 0 Å². The van der Waals surface area contributed by atoms with E-state index >= 15 is 0 Å². The summed E-state index contributed by atoms with van der Waals surface area (Å²) >= 11 is 8.48. The number of benzene rings is 9. The van der Waals surface area contributed by atoms with Gasteiger partial charge in [0.25, 0.3) is 0 Å². The summed E-state index contributed by atoms with van der Waals surface area (Å²) < 4.78 is 0. The molecular formula is C52H39I5. The van der Waals surface area contributed by atoms with E-state index in [0.29, 0.717) is 0 Å². The minimum atomic E-state index is -0.488. The highest BCUT2D eigenvalue weighted by Crippen LogP contribution is 2.67. The summed E-state index contributed by atoms with van der Waals surface area (Å²) in [4.78, 5) is 0. The van der Waals surface area contributed by atoms with Gasteiger partial charge < -0.3 is 0 Å². The van der Waals surface area contributed by atoms with Crippen LogP contribution in [0, 0.1) is 0 Å². The third-order valence-corrected chi connectivity index (χ3v) is 12.3. The highest BCUT2D eigenvalue weighted by molar-refractivity contribution is 15.0. The topological polar surface area (TPSA) is 0 Å². The van der Waals surface area contributed by atoms with Crippen LogP contribution in [0.1, 0.15) is 59.4 Å². The van der Waals surface area contributed by atoms with Crippen LogP contribution in [0.2, 0.25) is 0 Å². The second kappa shape index (κ2) is 16.8. The van der Waals surface area contributed by atoms with Gasteiger partial charge in [0, 0.05) is 74.5 Å². The average molecular weight is 1300 g/mol. The van der Waals surface area contributed by atoms with E-state index in [4.69, 9.17) is 0 Å². The molecule has 282 valence electrons. The summed E-state index contributed by atoms with van der Waals surface area (Å²) in [5.74, 6) is 0. The van der Waals surface area contributed by atoms with Gasteiger partial charge in [0.05, 0.1) is 10.8 Å². The average Bonchev–Trinajstić information content (AvgIpc) is 3.73. The third kappa shape index (κ3) is 5.63. The van der Waals surface area contributed by atoms with Gasteiger partial charge in [0.2, 0.25) is 0 Å². The van der Waals surface area contributed by atoms with Gasteiger partial charge in [-0.1, -0.05) is 185 Å². The first-order valence-electron chi connectivity index (χ1n) is 18.0. The Kier molecular flexibility index (Phi) is 12.5. The minimum absolute atomic E-state index is 0. The fraction of sp³-hybridized carbons (Fsp3) is 0.0769. The summed E-state index contributed by atoms with van der Waals surface area (Å²) in [5, 5.41) is 7.85. The van der Waals surface area contributed by atoms with Crippen molar-refractivity contribution >= 4 is 131 Å². The molecule has 0 atom stereocenters. The van der Waals surface area contributed by atoms with Gasteiger partial charge in [0.1, 0.15) is 0 Å². The summed E-state index contributed by atoms with van der Waals surface area (Å²) in [7, 11) is 0. The molecule has 0 saturated carbocycles. The van der Waals surface area contributed by atoms with Crippen LogP contribution in [0.3, 0.4) is 0 Å². The molecule has 5 heteroatoms. The van der Waals surface area contributed by atoms with Crippen molar-refractivity contribution in [3.63, 3.8) is 0 Å². The summed E-state index contributed by atoms with van der Waals surface area (Å²) in [6, 6.07) is 69.3. The lowest BCUT2D eigenvalue weighted by molar-refractivity contribution is 0.634. The molecule has 0 aliphatic heterocycles. The van der Waals surface area contributed by atoms with E-state index in [-0.39, 0.29) is 38.8 Å². The van der Waals surface area contributed by atoms with Crippen molar-refractivity contribution in [3.05, 3.63) is 226 Å². The normalized spacial score (nSPS) is 13.5. The van der Waals surface area contributed by atoms with Crippen LogP contribution >= 0.6 is 98.4 Å². The number of halogens is 5. The Balaban J connectivity index is 0.000000689. The van der Waals surface area contributed by atoms with E-state index in [9.17, 15) is 0 Å². The van der Waals surface area contributed by atoms with E-state index in [1.165, 1.54) is 99.1 Å². The van der Waals surface area contributed by atoms with Crippen LogP contribution in [-0.2, 0) is 10.8 Å².